The number of alkyl halides is 2. The van der Waals surface area contributed by atoms with Crippen LogP contribution in [-0.4, -0.2) is 29.8 Å². The minimum atomic E-state index is -3.27. The second-order valence-electron chi connectivity index (χ2n) is 6.37. The number of halogens is 2. The molecule has 0 heterocycles. The van der Waals surface area contributed by atoms with Crippen molar-refractivity contribution in [1.82, 2.24) is 0 Å². The van der Waals surface area contributed by atoms with Crippen molar-refractivity contribution in [1.29, 1.82) is 0 Å². The van der Waals surface area contributed by atoms with Gasteiger partial charge in [0.15, 0.2) is 0 Å². The highest BCUT2D eigenvalue weighted by Gasteiger charge is 2.51. The highest BCUT2D eigenvalue weighted by Crippen LogP contribution is 2.39. The van der Waals surface area contributed by atoms with Crippen molar-refractivity contribution in [2.45, 2.75) is 31.3 Å². The van der Waals surface area contributed by atoms with Crippen LogP contribution in [0.2, 0.25) is 0 Å². The lowest BCUT2D eigenvalue weighted by Crippen LogP contribution is -2.43. The predicted octanol–water partition coefficient (Wildman–Crippen LogP) is 3.97. The molecule has 0 aliphatic heterocycles. The molecule has 5 heteroatoms. The minimum absolute atomic E-state index is 0.0129. The summed E-state index contributed by atoms with van der Waals surface area (Å²) in [5.41, 5.74) is 1.86. The van der Waals surface area contributed by atoms with Crippen molar-refractivity contribution < 1.29 is 23.4 Å². The molecule has 0 saturated carbocycles. The van der Waals surface area contributed by atoms with E-state index in [-0.39, 0.29) is 13.2 Å². The fourth-order valence-electron chi connectivity index (χ4n) is 2.95. The first-order valence-corrected chi connectivity index (χ1v) is 8.59. The van der Waals surface area contributed by atoms with Gasteiger partial charge in [-0.05, 0) is 11.1 Å². The van der Waals surface area contributed by atoms with Crippen LogP contribution in [0.1, 0.15) is 11.1 Å². The second-order valence-corrected chi connectivity index (χ2v) is 6.37. The Balaban J connectivity index is 1.64. The summed E-state index contributed by atoms with van der Waals surface area (Å²) >= 11 is 0. The molecule has 2 aromatic rings. The van der Waals surface area contributed by atoms with E-state index in [0.717, 1.165) is 17.2 Å². The summed E-state index contributed by atoms with van der Waals surface area (Å²) < 4.78 is 40.0. The number of hydrogen-bond donors (Lipinski definition) is 1. The molecule has 0 unspecified atom stereocenters. The average Bonchev–Trinajstić information content (AvgIpc) is 2.93. The van der Waals surface area contributed by atoms with Crippen LogP contribution in [0, 0.1) is 5.92 Å². The molecule has 0 radical (unpaired) electrons. The van der Waals surface area contributed by atoms with Gasteiger partial charge in [0.2, 0.25) is 0 Å². The van der Waals surface area contributed by atoms with Crippen molar-refractivity contribution in [2.24, 2.45) is 5.92 Å². The highest BCUT2D eigenvalue weighted by atomic mass is 19.3. The Morgan fingerprint density at radius 2 is 1.46 bits per heavy atom. The molecule has 2 aromatic carbocycles. The molecule has 3 rings (SSSR count). The number of benzene rings is 2. The van der Waals surface area contributed by atoms with Gasteiger partial charge in [-0.25, -0.2) is 8.78 Å². The van der Waals surface area contributed by atoms with E-state index in [9.17, 15) is 13.9 Å². The Kier molecular flexibility index (Phi) is 6.14. The number of ether oxygens (including phenoxy) is 2. The van der Waals surface area contributed by atoms with Gasteiger partial charge in [0.05, 0.1) is 31.8 Å². The quantitative estimate of drug-likeness (QED) is 0.724. The fraction of sp³-hybridized carbons (Fsp3) is 0.333. The van der Waals surface area contributed by atoms with E-state index in [0.29, 0.717) is 6.61 Å². The monoisotopic (exact) mass is 360 g/mol. The summed E-state index contributed by atoms with van der Waals surface area (Å²) in [5, 5.41) is 9.53. The van der Waals surface area contributed by atoms with Gasteiger partial charge >= 0.3 is 0 Å². The van der Waals surface area contributed by atoms with E-state index >= 15 is 0 Å². The summed E-state index contributed by atoms with van der Waals surface area (Å²) in [6.07, 6.45) is -0.195. The van der Waals surface area contributed by atoms with Crippen molar-refractivity contribution in [3.05, 3.63) is 83.9 Å². The van der Waals surface area contributed by atoms with E-state index in [2.05, 4.69) is 0 Å². The standard InChI is InChI=1S/C21H22F2O3/c22-21(23)18(11-12-20(21)24)19(26-14-17-9-5-2-6-10-17)15-25-13-16-7-3-1-4-8-16/h1-12,18-20,24H,13-15H2/t18-,19-,20-/m1/s1. The molecule has 0 saturated heterocycles. The molecule has 0 bridgehead atoms. The SMILES string of the molecule is O[C@@H]1C=C[C@H]([C@@H](COCc2ccccc2)OCc2ccccc2)C1(F)F. The maximum Gasteiger partial charge on any atom is 0.285 e. The zero-order valence-electron chi connectivity index (χ0n) is 14.3. The molecule has 1 aliphatic rings. The summed E-state index contributed by atoms with van der Waals surface area (Å²) in [7, 11) is 0. The molecule has 26 heavy (non-hydrogen) atoms. The van der Waals surface area contributed by atoms with Gasteiger partial charge in [-0.15, -0.1) is 0 Å². The smallest absolute Gasteiger partial charge is 0.285 e. The normalized spacial score (nSPS) is 22.4. The molecule has 0 amide bonds. The van der Waals surface area contributed by atoms with E-state index in [1.165, 1.54) is 6.08 Å². The van der Waals surface area contributed by atoms with Gasteiger partial charge in [0.25, 0.3) is 5.92 Å². The third-order valence-corrected chi connectivity index (χ3v) is 4.44. The molecule has 3 nitrogen and oxygen atoms in total. The Hall–Kier alpha value is -2.08. The Labute approximate surface area is 151 Å². The van der Waals surface area contributed by atoms with Crippen molar-refractivity contribution in [3.8, 4) is 0 Å². The Morgan fingerprint density at radius 1 is 0.885 bits per heavy atom. The van der Waals surface area contributed by atoms with Crippen LogP contribution in [0.15, 0.2) is 72.8 Å². The topological polar surface area (TPSA) is 38.7 Å². The van der Waals surface area contributed by atoms with E-state index in [4.69, 9.17) is 9.47 Å². The first-order valence-electron chi connectivity index (χ1n) is 8.59. The Morgan fingerprint density at radius 3 is 2.00 bits per heavy atom. The van der Waals surface area contributed by atoms with Crippen LogP contribution < -0.4 is 0 Å². The third kappa shape index (κ3) is 4.55. The number of rotatable bonds is 8. The van der Waals surface area contributed by atoms with Crippen molar-refractivity contribution in [3.63, 3.8) is 0 Å². The van der Waals surface area contributed by atoms with E-state index < -0.39 is 24.0 Å². The lowest BCUT2D eigenvalue weighted by Gasteiger charge is -2.29. The lowest BCUT2D eigenvalue weighted by atomic mass is 9.97. The third-order valence-electron chi connectivity index (χ3n) is 4.44. The van der Waals surface area contributed by atoms with Crippen LogP contribution in [0.25, 0.3) is 0 Å². The zero-order valence-corrected chi connectivity index (χ0v) is 14.3. The van der Waals surface area contributed by atoms with E-state index in [1.54, 1.807) is 0 Å². The van der Waals surface area contributed by atoms with E-state index in [1.807, 2.05) is 60.7 Å². The fourth-order valence-corrected chi connectivity index (χ4v) is 2.95. The van der Waals surface area contributed by atoms with Crippen LogP contribution in [0.5, 0.6) is 0 Å². The highest BCUT2D eigenvalue weighted by molar-refractivity contribution is 5.16. The molecule has 0 fully saturated rings. The molecule has 1 N–H and O–H groups in total. The van der Waals surface area contributed by atoms with Gasteiger partial charge in [0, 0.05) is 0 Å². The number of aliphatic hydroxyl groups excluding tert-OH is 1. The van der Waals surface area contributed by atoms with Gasteiger partial charge in [0.1, 0.15) is 6.10 Å². The summed E-state index contributed by atoms with van der Waals surface area (Å²) in [6, 6.07) is 18.9. The van der Waals surface area contributed by atoms with Crippen molar-refractivity contribution >= 4 is 0 Å². The number of aliphatic hydroxyl groups is 1. The minimum Gasteiger partial charge on any atom is -0.383 e. The summed E-state index contributed by atoms with van der Waals surface area (Å²) in [6.45, 7) is 0.534. The molecule has 0 aromatic heterocycles. The average molecular weight is 360 g/mol. The second kappa shape index (κ2) is 8.54. The van der Waals surface area contributed by atoms with Crippen LogP contribution in [0.4, 0.5) is 8.78 Å². The van der Waals surface area contributed by atoms with Crippen LogP contribution >= 0.6 is 0 Å². The zero-order chi connectivity index (χ0) is 18.4. The summed E-state index contributed by atoms with van der Waals surface area (Å²) in [5.74, 6) is -4.49. The predicted molar refractivity (Wildman–Crippen MR) is 94.7 cm³/mol. The molecular formula is C21H22F2O3. The lowest BCUT2D eigenvalue weighted by molar-refractivity contribution is -0.157. The van der Waals surface area contributed by atoms with Crippen LogP contribution in [0.3, 0.4) is 0 Å². The van der Waals surface area contributed by atoms with Gasteiger partial charge in [-0.2, -0.15) is 0 Å². The van der Waals surface area contributed by atoms with Gasteiger partial charge in [-0.1, -0.05) is 72.8 Å². The molecular weight excluding hydrogens is 338 g/mol. The van der Waals surface area contributed by atoms with Crippen LogP contribution in [-0.2, 0) is 22.7 Å². The molecule has 138 valence electrons. The molecule has 3 atom stereocenters. The largest absolute Gasteiger partial charge is 0.383 e. The maximum absolute atomic E-state index is 14.3. The van der Waals surface area contributed by atoms with Gasteiger partial charge < -0.3 is 14.6 Å². The molecule has 1 aliphatic carbocycles. The first kappa shape index (κ1) is 18.7. The maximum atomic E-state index is 14.3. The Bertz CT molecular complexity index is 704. The summed E-state index contributed by atoms with van der Waals surface area (Å²) in [4.78, 5) is 0. The first-order chi connectivity index (χ1) is 12.6. The number of hydrogen-bond acceptors (Lipinski definition) is 3. The van der Waals surface area contributed by atoms with Crippen molar-refractivity contribution in [2.75, 3.05) is 6.61 Å². The molecule has 0 spiro atoms. The van der Waals surface area contributed by atoms with Gasteiger partial charge in [-0.3, -0.25) is 0 Å².